The Kier molecular flexibility index (Phi) is 11.6. The van der Waals surface area contributed by atoms with Crippen molar-refractivity contribution in [1.82, 2.24) is 9.80 Å². The SMILES string of the molecule is C[C@@H]1CN([C@@H](C)CO)C(=O)c2cccc(NC(=O)C(C)(C)c3ccc(C(F)(F)F)cc3)c2O[C@@H]1CN(C)Cc1ccc(Oc2ccccc2F)cc1. The minimum atomic E-state index is -4.51. The highest BCUT2D eigenvalue weighted by Gasteiger charge is 2.37. The highest BCUT2D eigenvalue weighted by Crippen LogP contribution is 2.37. The van der Waals surface area contributed by atoms with Crippen LogP contribution in [0.2, 0.25) is 0 Å². The Labute approximate surface area is 301 Å². The molecule has 12 heteroatoms. The molecule has 4 aromatic carbocycles. The van der Waals surface area contributed by atoms with Crippen molar-refractivity contribution in [1.29, 1.82) is 0 Å². The summed E-state index contributed by atoms with van der Waals surface area (Å²) in [5, 5.41) is 12.9. The summed E-state index contributed by atoms with van der Waals surface area (Å²) in [5.74, 6) is -0.764. The maximum Gasteiger partial charge on any atom is 0.416 e. The van der Waals surface area contributed by atoms with E-state index in [2.05, 4.69) is 10.2 Å². The molecule has 0 fully saturated rings. The molecule has 0 spiro atoms. The fourth-order valence-corrected chi connectivity index (χ4v) is 6.05. The van der Waals surface area contributed by atoms with Crippen LogP contribution in [-0.2, 0) is 22.9 Å². The van der Waals surface area contributed by atoms with Gasteiger partial charge in [-0.05, 0) is 87.5 Å². The highest BCUT2D eigenvalue weighted by molar-refractivity contribution is 6.04. The quantitative estimate of drug-likeness (QED) is 0.153. The van der Waals surface area contributed by atoms with Crippen molar-refractivity contribution in [2.24, 2.45) is 5.92 Å². The van der Waals surface area contributed by atoms with Gasteiger partial charge in [-0.1, -0.05) is 49.4 Å². The number of fused-ring (bicyclic) bond motifs is 1. The number of halogens is 4. The minimum absolute atomic E-state index is 0.129. The molecule has 2 amide bonds. The average molecular weight is 722 g/mol. The number of nitrogens with one attached hydrogen (secondary N) is 1. The van der Waals surface area contributed by atoms with E-state index in [0.717, 1.165) is 17.7 Å². The second-order valence-corrected chi connectivity index (χ2v) is 13.8. The number of amides is 2. The number of hydrogen-bond donors (Lipinski definition) is 2. The first-order valence-electron chi connectivity index (χ1n) is 17.0. The van der Waals surface area contributed by atoms with Crippen LogP contribution in [0.1, 0.15) is 54.7 Å². The lowest BCUT2D eigenvalue weighted by Crippen LogP contribution is -2.49. The zero-order valence-corrected chi connectivity index (χ0v) is 29.7. The molecule has 1 aliphatic rings. The van der Waals surface area contributed by atoms with Gasteiger partial charge < -0.3 is 24.8 Å². The summed E-state index contributed by atoms with van der Waals surface area (Å²) in [6, 6.07) is 22.3. The Balaban J connectivity index is 1.38. The molecule has 1 heterocycles. The number of para-hydroxylation sites is 2. The van der Waals surface area contributed by atoms with Crippen LogP contribution in [-0.4, -0.2) is 65.6 Å². The third-order valence-corrected chi connectivity index (χ3v) is 9.37. The van der Waals surface area contributed by atoms with Gasteiger partial charge in [-0.15, -0.1) is 0 Å². The summed E-state index contributed by atoms with van der Waals surface area (Å²) in [4.78, 5) is 31.4. The molecule has 1 aliphatic heterocycles. The zero-order valence-electron chi connectivity index (χ0n) is 29.7. The van der Waals surface area contributed by atoms with Crippen molar-refractivity contribution in [2.45, 2.75) is 58.0 Å². The Hall–Kier alpha value is -4.94. The van der Waals surface area contributed by atoms with E-state index in [1.807, 2.05) is 26.1 Å². The van der Waals surface area contributed by atoms with Crippen molar-refractivity contribution in [2.75, 3.05) is 32.1 Å². The van der Waals surface area contributed by atoms with Crippen molar-refractivity contribution in [3.05, 3.63) is 119 Å². The van der Waals surface area contributed by atoms with Gasteiger partial charge in [0, 0.05) is 25.6 Å². The molecule has 0 aromatic heterocycles. The monoisotopic (exact) mass is 721 g/mol. The molecule has 0 radical (unpaired) electrons. The molecule has 0 unspecified atom stereocenters. The van der Waals surface area contributed by atoms with Crippen molar-refractivity contribution in [3.63, 3.8) is 0 Å². The van der Waals surface area contributed by atoms with Crippen LogP contribution in [0.25, 0.3) is 0 Å². The standard InChI is InChI=1S/C40H43F4N3O5/c1-25-21-47(26(2)24-48)37(49)31-9-8-11-33(45-38(50)39(3,4)28-15-17-29(18-16-28)40(42,43)44)36(31)52-35(25)23-46(5)22-27-13-19-30(20-14-27)51-34-12-7-6-10-32(34)41/h6-20,25-26,35,48H,21-24H2,1-5H3,(H,45,50)/t25-,26+,35-/m1/s1. The number of ether oxygens (including phenoxy) is 2. The molecule has 4 aromatic rings. The molecule has 2 N–H and O–H groups in total. The van der Waals surface area contributed by atoms with Crippen LogP contribution in [0, 0.1) is 11.7 Å². The molecule has 0 saturated heterocycles. The fourth-order valence-electron chi connectivity index (χ4n) is 6.05. The lowest BCUT2D eigenvalue weighted by atomic mass is 9.83. The van der Waals surface area contributed by atoms with Gasteiger partial charge in [-0.3, -0.25) is 14.5 Å². The van der Waals surface area contributed by atoms with E-state index >= 15 is 0 Å². The third-order valence-electron chi connectivity index (χ3n) is 9.37. The topological polar surface area (TPSA) is 91.3 Å². The van der Waals surface area contributed by atoms with E-state index in [9.17, 15) is 32.3 Å². The number of likely N-dealkylation sites (N-methyl/N-ethyl adjacent to an activating group) is 1. The number of hydrogen-bond acceptors (Lipinski definition) is 6. The molecule has 0 saturated carbocycles. The number of alkyl halides is 3. The van der Waals surface area contributed by atoms with Crippen molar-refractivity contribution < 1.29 is 41.7 Å². The van der Waals surface area contributed by atoms with Crippen LogP contribution in [0.3, 0.4) is 0 Å². The first kappa shape index (κ1) is 38.3. The number of benzene rings is 4. The van der Waals surface area contributed by atoms with Crippen LogP contribution < -0.4 is 14.8 Å². The Morgan fingerprint density at radius 3 is 2.29 bits per heavy atom. The molecule has 0 bridgehead atoms. The second-order valence-electron chi connectivity index (χ2n) is 13.8. The van der Waals surface area contributed by atoms with Gasteiger partial charge >= 0.3 is 6.18 Å². The van der Waals surface area contributed by atoms with Crippen LogP contribution in [0.4, 0.5) is 23.2 Å². The number of carbonyl (C=O) groups excluding carboxylic acids is 2. The molecule has 276 valence electrons. The van der Waals surface area contributed by atoms with E-state index in [1.165, 1.54) is 18.2 Å². The summed E-state index contributed by atoms with van der Waals surface area (Å²) in [6.45, 7) is 7.91. The van der Waals surface area contributed by atoms with Crippen LogP contribution in [0.5, 0.6) is 17.2 Å². The number of anilines is 1. The second kappa shape index (κ2) is 15.7. The van der Waals surface area contributed by atoms with E-state index in [1.54, 1.807) is 74.2 Å². The van der Waals surface area contributed by atoms with Crippen molar-refractivity contribution in [3.8, 4) is 17.2 Å². The molecule has 8 nitrogen and oxygen atoms in total. The largest absolute Gasteiger partial charge is 0.486 e. The van der Waals surface area contributed by atoms with Gasteiger partial charge in [0.05, 0.1) is 34.9 Å². The minimum Gasteiger partial charge on any atom is -0.486 e. The first-order valence-corrected chi connectivity index (χ1v) is 17.0. The van der Waals surface area contributed by atoms with Gasteiger partial charge in [0.1, 0.15) is 11.9 Å². The Bertz CT molecular complexity index is 1860. The van der Waals surface area contributed by atoms with E-state index < -0.39 is 41.0 Å². The average Bonchev–Trinajstić information content (AvgIpc) is 3.11. The molecule has 0 aliphatic carbocycles. The zero-order chi connectivity index (χ0) is 37.8. The normalized spacial score (nSPS) is 17.1. The van der Waals surface area contributed by atoms with E-state index in [0.29, 0.717) is 30.9 Å². The number of rotatable bonds is 11. The Morgan fingerprint density at radius 2 is 1.65 bits per heavy atom. The first-order chi connectivity index (χ1) is 24.6. The van der Waals surface area contributed by atoms with Gasteiger partial charge in [0.2, 0.25) is 5.91 Å². The molecule has 5 rings (SSSR count). The smallest absolute Gasteiger partial charge is 0.416 e. The predicted molar refractivity (Wildman–Crippen MR) is 190 cm³/mol. The number of aliphatic hydroxyl groups excluding tert-OH is 1. The van der Waals surface area contributed by atoms with E-state index in [4.69, 9.17) is 9.47 Å². The number of carbonyl (C=O) groups is 2. The van der Waals surface area contributed by atoms with Crippen molar-refractivity contribution >= 4 is 17.5 Å². The molecule has 52 heavy (non-hydrogen) atoms. The maximum atomic E-state index is 14.1. The summed E-state index contributed by atoms with van der Waals surface area (Å²) in [6.07, 6.45) is -4.99. The predicted octanol–water partition coefficient (Wildman–Crippen LogP) is 7.91. The summed E-state index contributed by atoms with van der Waals surface area (Å²) < 4.78 is 66.0. The summed E-state index contributed by atoms with van der Waals surface area (Å²) in [7, 11) is 1.93. The Morgan fingerprint density at radius 1 is 1.00 bits per heavy atom. The van der Waals surface area contributed by atoms with Gasteiger partial charge in [-0.2, -0.15) is 13.2 Å². The molecule has 3 atom stereocenters. The molecular formula is C40H43F4N3O5. The third kappa shape index (κ3) is 8.74. The van der Waals surface area contributed by atoms with Crippen LogP contribution >= 0.6 is 0 Å². The summed E-state index contributed by atoms with van der Waals surface area (Å²) >= 11 is 0. The number of nitrogens with zero attached hydrogens (tertiary/aromatic N) is 2. The lowest BCUT2D eigenvalue weighted by Gasteiger charge is -2.38. The van der Waals surface area contributed by atoms with Gasteiger partial charge in [0.25, 0.3) is 5.91 Å². The number of aliphatic hydroxyl groups is 1. The van der Waals surface area contributed by atoms with E-state index in [-0.39, 0.29) is 41.2 Å². The van der Waals surface area contributed by atoms with Gasteiger partial charge in [0.15, 0.2) is 17.3 Å². The van der Waals surface area contributed by atoms with Gasteiger partial charge in [-0.25, -0.2) is 4.39 Å². The maximum absolute atomic E-state index is 14.1. The summed E-state index contributed by atoms with van der Waals surface area (Å²) in [5.41, 5.74) is -0.293. The fraction of sp³-hybridized carbons (Fsp3) is 0.350. The van der Waals surface area contributed by atoms with Crippen LogP contribution in [0.15, 0.2) is 91.0 Å². The highest BCUT2D eigenvalue weighted by atomic mass is 19.4. The molecular weight excluding hydrogens is 678 g/mol. The lowest BCUT2D eigenvalue weighted by molar-refractivity contribution is -0.137.